The second-order valence-electron chi connectivity index (χ2n) is 5.71. The highest BCUT2D eigenvalue weighted by Gasteiger charge is 2.15. The van der Waals surface area contributed by atoms with E-state index in [9.17, 15) is 4.79 Å². The van der Waals surface area contributed by atoms with E-state index in [1.165, 1.54) is 22.7 Å². The molecule has 2 aromatic heterocycles. The monoisotopic (exact) mass is 396 g/mol. The summed E-state index contributed by atoms with van der Waals surface area (Å²) in [5.74, 6) is 1.26. The zero-order valence-corrected chi connectivity index (χ0v) is 16.3. The molecule has 0 saturated carbocycles. The molecule has 1 amide bonds. The number of thiazole rings is 1. The molecule has 0 aliphatic carbocycles. The minimum absolute atomic E-state index is 0.158. The van der Waals surface area contributed by atoms with Crippen molar-refractivity contribution in [2.45, 2.75) is 0 Å². The molecule has 1 N–H and O–H groups in total. The number of carbonyl (C=O) groups excluding carboxylic acids is 1. The first kappa shape index (κ1) is 17.5. The third-order valence-electron chi connectivity index (χ3n) is 4.06. The van der Waals surface area contributed by atoms with Crippen LogP contribution < -0.4 is 14.8 Å². The average Bonchev–Trinajstić information content (AvgIpc) is 3.34. The standard InChI is InChI=1S/C20H16N2O3S2/c1-24-13-7-8-16(25-2)14(10-13)15-11-26-20(21-15)22-19(23)18-9-12-5-3-4-6-17(12)27-18/h3-11H,1-2H3,(H,21,22,23). The molecule has 0 bridgehead atoms. The van der Waals surface area contributed by atoms with Crippen molar-refractivity contribution >= 4 is 43.8 Å². The lowest BCUT2D eigenvalue weighted by Gasteiger charge is -2.08. The topological polar surface area (TPSA) is 60.5 Å². The molecule has 0 unspecified atom stereocenters. The molecule has 0 fully saturated rings. The van der Waals surface area contributed by atoms with Gasteiger partial charge < -0.3 is 9.47 Å². The van der Waals surface area contributed by atoms with Crippen molar-refractivity contribution in [1.82, 2.24) is 4.98 Å². The Labute approximate surface area is 164 Å². The second kappa shape index (κ2) is 7.38. The fourth-order valence-electron chi connectivity index (χ4n) is 2.72. The zero-order valence-electron chi connectivity index (χ0n) is 14.7. The van der Waals surface area contributed by atoms with Gasteiger partial charge in [-0.15, -0.1) is 22.7 Å². The van der Waals surface area contributed by atoms with Gasteiger partial charge in [-0.2, -0.15) is 0 Å². The Morgan fingerprint density at radius 3 is 2.70 bits per heavy atom. The highest BCUT2D eigenvalue weighted by Crippen LogP contribution is 2.35. The van der Waals surface area contributed by atoms with Gasteiger partial charge in [0, 0.05) is 15.6 Å². The molecule has 0 aliphatic rings. The molecule has 4 rings (SSSR count). The number of amides is 1. The molecule has 0 aliphatic heterocycles. The lowest BCUT2D eigenvalue weighted by atomic mass is 10.1. The predicted octanol–water partition coefficient (Wildman–Crippen LogP) is 5.29. The number of rotatable bonds is 5. The molecule has 0 spiro atoms. The van der Waals surface area contributed by atoms with Crippen molar-refractivity contribution in [2.75, 3.05) is 19.5 Å². The van der Waals surface area contributed by atoms with Crippen LogP contribution in [0.1, 0.15) is 9.67 Å². The summed E-state index contributed by atoms with van der Waals surface area (Å²) in [7, 11) is 3.23. The first-order chi connectivity index (χ1) is 13.2. The van der Waals surface area contributed by atoms with E-state index < -0.39 is 0 Å². The highest BCUT2D eigenvalue weighted by molar-refractivity contribution is 7.21. The first-order valence-electron chi connectivity index (χ1n) is 8.16. The molecule has 136 valence electrons. The van der Waals surface area contributed by atoms with Gasteiger partial charge in [0.25, 0.3) is 5.91 Å². The molecule has 0 radical (unpaired) electrons. The fraction of sp³-hybridized carbons (Fsp3) is 0.100. The Morgan fingerprint density at radius 1 is 1.07 bits per heavy atom. The third kappa shape index (κ3) is 3.51. The SMILES string of the molecule is COc1ccc(OC)c(-c2csc(NC(=O)c3cc4ccccc4s3)n2)c1. The van der Waals surface area contributed by atoms with Gasteiger partial charge in [0.15, 0.2) is 5.13 Å². The number of aromatic nitrogens is 1. The summed E-state index contributed by atoms with van der Waals surface area (Å²) < 4.78 is 11.8. The van der Waals surface area contributed by atoms with Crippen LogP contribution >= 0.6 is 22.7 Å². The van der Waals surface area contributed by atoms with E-state index >= 15 is 0 Å². The Morgan fingerprint density at radius 2 is 1.93 bits per heavy atom. The minimum Gasteiger partial charge on any atom is -0.497 e. The number of hydrogen-bond donors (Lipinski definition) is 1. The molecule has 7 heteroatoms. The molecule has 2 aromatic carbocycles. The number of benzene rings is 2. The van der Waals surface area contributed by atoms with Gasteiger partial charge in [-0.3, -0.25) is 10.1 Å². The molecule has 27 heavy (non-hydrogen) atoms. The Hall–Kier alpha value is -2.90. The van der Waals surface area contributed by atoms with E-state index in [0.717, 1.165) is 27.1 Å². The molecule has 4 aromatic rings. The summed E-state index contributed by atoms with van der Waals surface area (Å²) >= 11 is 2.84. The number of thiophene rings is 1. The van der Waals surface area contributed by atoms with Gasteiger partial charge >= 0.3 is 0 Å². The van der Waals surface area contributed by atoms with Crippen molar-refractivity contribution in [2.24, 2.45) is 0 Å². The van der Waals surface area contributed by atoms with Crippen LogP contribution in [-0.2, 0) is 0 Å². The van der Waals surface area contributed by atoms with Crippen molar-refractivity contribution in [3.05, 3.63) is 58.8 Å². The quantitative estimate of drug-likeness (QED) is 0.498. The second-order valence-corrected chi connectivity index (χ2v) is 7.65. The molecule has 5 nitrogen and oxygen atoms in total. The van der Waals surface area contributed by atoms with Crippen molar-refractivity contribution in [3.8, 4) is 22.8 Å². The molecular weight excluding hydrogens is 380 g/mol. The maximum absolute atomic E-state index is 12.6. The predicted molar refractivity (Wildman–Crippen MR) is 110 cm³/mol. The number of nitrogens with one attached hydrogen (secondary N) is 1. The normalized spacial score (nSPS) is 10.7. The summed E-state index contributed by atoms with van der Waals surface area (Å²) in [5.41, 5.74) is 1.54. The number of anilines is 1. The molecule has 0 atom stereocenters. The smallest absolute Gasteiger partial charge is 0.267 e. The first-order valence-corrected chi connectivity index (χ1v) is 9.85. The molecular formula is C20H16N2O3S2. The lowest BCUT2D eigenvalue weighted by Crippen LogP contribution is -2.09. The number of methoxy groups -OCH3 is 2. The van der Waals surface area contributed by atoms with Crippen LogP contribution in [0.4, 0.5) is 5.13 Å². The maximum Gasteiger partial charge on any atom is 0.267 e. The van der Waals surface area contributed by atoms with Gasteiger partial charge in [-0.25, -0.2) is 4.98 Å². The van der Waals surface area contributed by atoms with E-state index in [-0.39, 0.29) is 5.91 Å². The van der Waals surface area contributed by atoms with Crippen LogP contribution in [0.5, 0.6) is 11.5 Å². The fourth-order valence-corrected chi connectivity index (χ4v) is 4.39. The van der Waals surface area contributed by atoms with Crippen LogP contribution in [0.2, 0.25) is 0 Å². The van der Waals surface area contributed by atoms with Gasteiger partial charge in [0.2, 0.25) is 0 Å². The van der Waals surface area contributed by atoms with E-state index in [1.807, 2.05) is 53.9 Å². The Kier molecular flexibility index (Phi) is 4.79. The van der Waals surface area contributed by atoms with Crippen molar-refractivity contribution in [3.63, 3.8) is 0 Å². The number of ether oxygens (including phenoxy) is 2. The molecule has 2 heterocycles. The third-order valence-corrected chi connectivity index (χ3v) is 5.93. The van der Waals surface area contributed by atoms with E-state index in [4.69, 9.17) is 9.47 Å². The number of nitrogens with zero attached hydrogens (tertiary/aromatic N) is 1. The van der Waals surface area contributed by atoms with Crippen LogP contribution in [0.3, 0.4) is 0 Å². The number of hydrogen-bond acceptors (Lipinski definition) is 6. The van der Waals surface area contributed by atoms with Crippen molar-refractivity contribution in [1.29, 1.82) is 0 Å². The van der Waals surface area contributed by atoms with E-state index in [1.54, 1.807) is 14.2 Å². The largest absolute Gasteiger partial charge is 0.497 e. The zero-order chi connectivity index (χ0) is 18.8. The summed E-state index contributed by atoms with van der Waals surface area (Å²) in [6.45, 7) is 0. The lowest BCUT2D eigenvalue weighted by molar-refractivity contribution is 0.103. The van der Waals surface area contributed by atoms with Crippen LogP contribution in [0.15, 0.2) is 53.9 Å². The molecule has 0 saturated heterocycles. The van der Waals surface area contributed by atoms with Crippen molar-refractivity contribution < 1.29 is 14.3 Å². The summed E-state index contributed by atoms with van der Waals surface area (Å²) in [6.07, 6.45) is 0. The maximum atomic E-state index is 12.6. The summed E-state index contributed by atoms with van der Waals surface area (Å²) in [5, 5.41) is 6.37. The highest BCUT2D eigenvalue weighted by atomic mass is 32.1. The Bertz CT molecular complexity index is 1080. The van der Waals surface area contributed by atoms with Crippen LogP contribution in [0, 0.1) is 0 Å². The van der Waals surface area contributed by atoms with E-state index in [0.29, 0.717) is 15.8 Å². The van der Waals surface area contributed by atoms with Gasteiger partial charge in [-0.05, 0) is 35.7 Å². The Balaban J connectivity index is 1.58. The summed E-state index contributed by atoms with van der Waals surface area (Å²) in [4.78, 5) is 17.8. The van der Waals surface area contributed by atoms with Gasteiger partial charge in [-0.1, -0.05) is 18.2 Å². The summed E-state index contributed by atoms with van der Waals surface area (Å²) in [6, 6.07) is 15.4. The van der Waals surface area contributed by atoms with E-state index in [2.05, 4.69) is 10.3 Å². The van der Waals surface area contributed by atoms with Gasteiger partial charge in [0.05, 0.1) is 24.8 Å². The van der Waals surface area contributed by atoms with Gasteiger partial charge in [0.1, 0.15) is 11.5 Å². The minimum atomic E-state index is -0.158. The van der Waals surface area contributed by atoms with Crippen LogP contribution in [-0.4, -0.2) is 25.1 Å². The number of fused-ring (bicyclic) bond motifs is 1. The number of carbonyl (C=O) groups is 1. The average molecular weight is 396 g/mol. The van der Waals surface area contributed by atoms with Crippen LogP contribution in [0.25, 0.3) is 21.3 Å².